The summed E-state index contributed by atoms with van der Waals surface area (Å²) >= 11 is 0. The Hall–Kier alpha value is -3.61. The maximum absolute atomic E-state index is 13.3. The second-order valence-electron chi connectivity index (χ2n) is 25.3. The first-order valence-corrected chi connectivity index (χ1v) is 36.8. The van der Waals surface area contributed by atoms with Gasteiger partial charge in [-0.15, -0.1) is 0 Å². The van der Waals surface area contributed by atoms with Gasteiger partial charge in [0, 0.05) is 6.42 Å². The molecular weight excluding hydrogens is 1160 g/mol. The van der Waals surface area contributed by atoms with Crippen molar-refractivity contribution in [3.63, 3.8) is 0 Å². The van der Waals surface area contributed by atoms with Gasteiger partial charge in [0.1, 0.15) is 48.8 Å². The van der Waals surface area contributed by atoms with Crippen molar-refractivity contribution in [1.82, 2.24) is 5.32 Å². The fourth-order valence-electron chi connectivity index (χ4n) is 11.3. The molecule has 14 nitrogen and oxygen atoms in total. The molecule has 14 heteroatoms. The third kappa shape index (κ3) is 44.2. The maximum atomic E-state index is 13.3. The average molecular weight is 1290 g/mol. The van der Waals surface area contributed by atoms with Gasteiger partial charge in [-0.3, -0.25) is 4.79 Å². The minimum absolute atomic E-state index is 0.245. The van der Waals surface area contributed by atoms with Crippen LogP contribution in [0.3, 0.4) is 0 Å². The first-order valence-electron chi connectivity index (χ1n) is 36.8. The lowest BCUT2D eigenvalue weighted by molar-refractivity contribution is -0.359. The van der Waals surface area contributed by atoms with Crippen LogP contribution in [-0.2, 0) is 23.7 Å². The molecule has 2 aliphatic rings. The van der Waals surface area contributed by atoms with E-state index in [1.807, 2.05) is 6.08 Å². The van der Waals surface area contributed by atoms with E-state index in [9.17, 15) is 45.6 Å². The van der Waals surface area contributed by atoms with Crippen molar-refractivity contribution in [2.75, 3.05) is 19.8 Å². The van der Waals surface area contributed by atoms with Gasteiger partial charge in [-0.25, -0.2) is 0 Å². The zero-order valence-electron chi connectivity index (χ0n) is 57.5. The first-order chi connectivity index (χ1) is 45.1. The van der Waals surface area contributed by atoms with Crippen LogP contribution in [-0.4, -0.2) is 140 Å². The van der Waals surface area contributed by atoms with E-state index >= 15 is 0 Å². The molecule has 528 valence electrons. The number of ether oxygens (including phenoxy) is 4. The molecule has 0 aromatic carbocycles. The molecular formula is C78H133NO13. The molecule has 2 heterocycles. The highest BCUT2D eigenvalue weighted by Crippen LogP contribution is 2.30. The number of unbranched alkanes of at least 4 members (excludes halogenated alkanes) is 28. The van der Waals surface area contributed by atoms with Crippen LogP contribution < -0.4 is 5.32 Å². The van der Waals surface area contributed by atoms with Gasteiger partial charge in [0.05, 0.1) is 32.0 Å². The molecule has 0 aromatic heterocycles. The van der Waals surface area contributed by atoms with Crippen molar-refractivity contribution in [1.29, 1.82) is 0 Å². The minimum Gasteiger partial charge on any atom is -0.394 e. The fraction of sp³-hybridized carbons (Fsp3) is 0.731. The number of aliphatic hydroxyl groups excluding tert-OH is 8. The number of carbonyl (C=O) groups excluding carboxylic acids is 1. The van der Waals surface area contributed by atoms with Crippen LogP contribution in [0, 0.1) is 0 Å². The van der Waals surface area contributed by atoms with E-state index in [1.165, 1.54) is 141 Å². The predicted molar refractivity (Wildman–Crippen MR) is 378 cm³/mol. The molecule has 12 atom stereocenters. The number of carbonyl (C=O) groups is 1. The molecule has 92 heavy (non-hydrogen) atoms. The second kappa shape index (κ2) is 61.0. The standard InChI is InChI=1S/C78H133NO13/c1-3-5-7-9-11-13-15-17-19-21-23-24-25-26-27-28-29-30-31-32-33-34-35-36-37-38-39-40-41-42-44-46-48-50-52-54-56-58-60-62-70(83)79-66(67(82)61-59-57-55-53-51-49-47-45-43-22-20-18-16-14-12-10-8-6-4-2)65-89-77-75(88)73(86)76(69(64-81)91-77)92-78-74(87)72(85)71(84)68(63-80)90-78/h5,7,11,13,17,19,23-24,26-27,29-30,32-33,35-36,38-39,59,61,66-69,71-78,80-82,84-88H,3-4,6,8-10,12,14-16,18,20-22,25,28,31,34,37,40-58,60,62-65H2,1-2H3,(H,79,83)/b7-5-,13-11-,19-17-,24-23-,27-26-,30-29-,33-32-,36-35-,39-38-,61-59+. The van der Waals surface area contributed by atoms with Crippen LogP contribution in [0.4, 0.5) is 0 Å². The van der Waals surface area contributed by atoms with Gasteiger partial charge in [-0.1, -0.05) is 296 Å². The summed E-state index contributed by atoms with van der Waals surface area (Å²) in [6.07, 6.45) is 72.5. The van der Waals surface area contributed by atoms with E-state index < -0.39 is 86.8 Å². The number of rotatable bonds is 59. The zero-order chi connectivity index (χ0) is 66.6. The smallest absolute Gasteiger partial charge is 0.220 e. The Kier molecular flexibility index (Phi) is 56.0. The number of aliphatic hydroxyl groups is 8. The molecule has 2 fully saturated rings. The monoisotopic (exact) mass is 1290 g/mol. The Morgan fingerprint density at radius 1 is 0.402 bits per heavy atom. The van der Waals surface area contributed by atoms with Gasteiger partial charge < -0.3 is 65.1 Å². The van der Waals surface area contributed by atoms with E-state index in [1.54, 1.807) is 6.08 Å². The minimum atomic E-state index is -1.79. The summed E-state index contributed by atoms with van der Waals surface area (Å²) in [5, 5.41) is 87.5. The fourth-order valence-corrected chi connectivity index (χ4v) is 11.3. The normalized spacial score (nSPS) is 23.4. The number of nitrogens with one attached hydrogen (secondary N) is 1. The quantitative estimate of drug-likeness (QED) is 0.0204. The summed E-state index contributed by atoms with van der Waals surface area (Å²) in [5.41, 5.74) is 0. The van der Waals surface area contributed by atoms with Crippen LogP contribution >= 0.6 is 0 Å². The molecule has 0 aromatic rings. The predicted octanol–water partition coefficient (Wildman–Crippen LogP) is 15.7. The van der Waals surface area contributed by atoms with Crippen molar-refractivity contribution >= 4 is 5.91 Å². The molecule has 0 saturated carbocycles. The lowest BCUT2D eigenvalue weighted by atomic mass is 9.97. The van der Waals surface area contributed by atoms with E-state index in [0.717, 1.165) is 103 Å². The Bertz CT molecular complexity index is 2010. The van der Waals surface area contributed by atoms with Crippen LogP contribution in [0.15, 0.2) is 122 Å². The average Bonchev–Trinajstić information content (AvgIpc) is 1.05. The number of amides is 1. The summed E-state index contributed by atoms with van der Waals surface area (Å²) < 4.78 is 22.9. The van der Waals surface area contributed by atoms with Crippen molar-refractivity contribution in [2.24, 2.45) is 0 Å². The van der Waals surface area contributed by atoms with Crippen molar-refractivity contribution in [3.8, 4) is 0 Å². The Labute approximate surface area is 558 Å². The van der Waals surface area contributed by atoms with Crippen LogP contribution in [0.5, 0.6) is 0 Å². The third-order valence-corrected chi connectivity index (χ3v) is 17.2. The van der Waals surface area contributed by atoms with Gasteiger partial charge in [-0.05, 0) is 89.9 Å². The molecule has 9 N–H and O–H groups in total. The largest absolute Gasteiger partial charge is 0.394 e. The second-order valence-corrected chi connectivity index (χ2v) is 25.3. The van der Waals surface area contributed by atoms with Gasteiger partial charge >= 0.3 is 0 Å². The molecule has 0 spiro atoms. The number of allylic oxidation sites excluding steroid dienone is 19. The molecule has 2 rings (SSSR count). The van der Waals surface area contributed by atoms with Gasteiger partial charge in [0.25, 0.3) is 0 Å². The Balaban J connectivity index is 1.63. The molecule has 12 unspecified atom stereocenters. The van der Waals surface area contributed by atoms with Crippen molar-refractivity contribution < 1.29 is 64.6 Å². The molecule has 1 amide bonds. The first kappa shape index (κ1) is 84.5. The topological polar surface area (TPSA) is 228 Å². The van der Waals surface area contributed by atoms with Crippen molar-refractivity contribution in [2.45, 2.75) is 344 Å². The van der Waals surface area contributed by atoms with Crippen molar-refractivity contribution in [3.05, 3.63) is 122 Å². The maximum Gasteiger partial charge on any atom is 0.220 e. The van der Waals surface area contributed by atoms with Crippen LogP contribution in [0.1, 0.15) is 271 Å². The molecule has 0 radical (unpaired) electrons. The highest BCUT2D eigenvalue weighted by Gasteiger charge is 2.51. The Morgan fingerprint density at radius 2 is 0.750 bits per heavy atom. The number of hydrogen-bond acceptors (Lipinski definition) is 13. The SMILES string of the molecule is CC/C=C\C/C=C\C/C=C\C/C=C\C/C=C\C/C=C\C/C=C\C/C=C\C/C=C\CCCCCCCCCCCCCC(=O)NC(COC1OC(CO)C(OC2OC(CO)C(O)C(O)C2O)C(O)C1O)C(O)/C=C/CCCCCCCCCCCCCCCCCCC. The summed E-state index contributed by atoms with van der Waals surface area (Å²) in [6, 6.07) is -0.925. The van der Waals surface area contributed by atoms with Crippen LogP contribution in [0.25, 0.3) is 0 Å². The lowest BCUT2D eigenvalue weighted by Gasteiger charge is -2.46. The van der Waals surface area contributed by atoms with E-state index in [0.29, 0.717) is 6.42 Å². The molecule has 0 bridgehead atoms. The van der Waals surface area contributed by atoms with E-state index in [2.05, 4.69) is 129 Å². The lowest BCUT2D eigenvalue weighted by Crippen LogP contribution is -2.65. The summed E-state index contributed by atoms with van der Waals surface area (Å²) in [7, 11) is 0. The van der Waals surface area contributed by atoms with Gasteiger partial charge in [-0.2, -0.15) is 0 Å². The third-order valence-electron chi connectivity index (χ3n) is 17.2. The van der Waals surface area contributed by atoms with Gasteiger partial charge in [0.15, 0.2) is 12.6 Å². The molecule has 2 aliphatic heterocycles. The van der Waals surface area contributed by atoms with E-state index in [4.69, 9.17) is 18.9 Å². The molecule has 0 aliphatic carbocycles. The summed E-state index contributed by atoms with van der Waals surface area (Å²) in [4.78, 5) is 13.3. The molecule has 2 saturated heterocycles. The van der Waals surface area contributed by atoms with E-state index in [-0.39, 0.29) is 18.9 Å². The zero-order valence-corrected chi connectivity index (χ0v) is 57.5. The number of hydrogen-bond donors (Lipinski definition) is 9. The van der Waals surface area contributed by atoms with Crippen LogP contribution in [0.2, 0.25) is 0 Å². The summed E-state index contributed by atoms with van der Waals surface area (Å²) in [6.45, 7) is 2.70. The Morgan fingerprint density at radius 3 is 1.15 bits per heavy atom. The highest BCUT2D eigenvalue weighted by molar-refractivity contribution is 5.76. The van der Waals surface area contributed by atoms with Gasteiger partial charge in [0.2, 0.25) is 5.91 Å². The summed E-state index contributed by atoms with van der Waals surface area (Å²) in [5.74, 6) is -0.245. The highest BCUT2D eigenvalue weighted by atomic mass is 16.7.